The second kappa shape index (κ2) is 6.42. The summed E-state index contributed by atoms with van der Waals surface area (Å²) >= 11 is 6.00. The molecule has 4 nitrogen and oxygen atoms in total. The maximum atomic E-state index is 12.5. The molecule has 0 amide bonds. The Morgan fingerprint density at radius 1 is 1.09 bits per heavy atom. The lowest BCUT2D eigenvalue weighted by Gasteiger charge is -2.19. The van der Waals surface area contributed by atoms with Crippen LogP contribution < -0.4 is 9.62 Å². The van der Waals surface area contributed by atoms with Crippen molar-refractivity contribution in [3.8, 4) is 0 Å². The summed E-state index contributed by atoms with van der Waals surface area (Å²) in [6.45, 7) is 4.03. The van der Waals surface area contributed by atoms with Gasteiger partial charge in [-0.2, -0.15) is 0 Å². The van der Waals surface area contributed by atoms with Crippen molar-refractivity contribution in [1.82, 2.24) is 0 Å². The molecule has 6 heteroatoms. The van der Waals surface area contributed by atoms with E-state index in [4.69, 9.17) is 11.6 Å². The monoisotopic (exact) mass is 350 g/mol. The summed E-state index contributed by atoms with van der Waals surface area (Å²) < 4.78 is 27.7. The minimum Gasteiger partial charge on any atom is -0.372 e. The van der Waals surface area contributed by atoms with Crippen LogP contribution in [0.4, 0.5) is 11.4 Å². The number of hydrogen-bond donors (Lipinski definition) is 1. The van der Waals surface area contributed by atoms with Crippen molar-refractivity contribution in [1.29, 1.82) is 0 Å². The molecule has 1 saturated heterocycles. The molecular weight excluding hydrogens is 332 g/mol. The van der Waals surface area contributed by atoms with Gasteiger partial charge in [-0.05, 0) is 55.7 Å². The zero-order chi connectivity index (χ0) is 16.4. The zero-order valence-electron chi connectivity index (χ0n) is 12.9. The first kappa shape index (κ1) is 16.1. The minimum absolute atomic E-state index is 0.0877. The van der Waals surface area contributed by atoms with Crippen molar-refractivity contribution in [2.24, 2.45) is 0 Å². The molecule has 1 fully saturated rings. The van der Waals surface area contributed by atoms with Gasteiger partial charge in [0.25, 0.3) is 10.0 Å². The Hall–Kier alpha value is -1.72. The number of sulfonamides is 1. The van der Waals surface area contributed by atoms with Crippen LogP contribution in [0.15, 0.2) is 47.4 Å². The molecule has 2 aromatic rings. The fraction of sp³-hybridized carbons (Fsp3) is 0.294. The molecule has 0 unspecified atom stereocenters. The van der Waals surface area contributed by atoms with E-state index >= 15 is 0 Å². The smallest absolute Gasteiger partial charge is 0.263 e. The summed E-state index contributed by atoms with van der Waals surface area (Å²) in [6.07, 6.45) is 2.42. The third kappa shape index (κ3) is 3.46. The van der Waals surface area contributed by atoms with Gasteiger partial charge in [0, 0.05) is 18.8 Å². The number of anilines is 2. The summed E-state index contributed by atoms with van der Waals surface area (Å²) in [5.74, 6) is 0. The van der Waals surface area contributed by atoms with Crippen molar-refractivity contribution in [3.05, 3.63) is 53.1 Å². The van der Waals surface area contributed by atoms with E-state index in [1.54, 1.807) is 18.2 Å². The van der Waals surface area contributed by atoms with Crippen LogP contribution in [-0.4, -0.2) is 21.5 Å². The van der Waals surface area contributed by atoms with Gasteiger partial charge in [-0.1, -0.05) is 23.7 Å². The van der Waals surface area contributed by atoms with Crippen molar-refractivity contribution >= 4 is 33.0 Å². The quantitative estimate of drug-likeness (QED) is 0.905. The number of halogens is 1. The third-order valence-electron chi connectivity index (χ3n) is 4.05. The number of benzene rings is 2. The van der Waals surface area contributed by atoms with E-state index in [1.165, 1.54) is 18.9 Å². The van der Waals surface area contributed by atoms with Gasteiger partial charge in [0.05, 0.1) is 10.7 Å². The summed E-state index contributed by atoms with van der Waals surface area (Å²) in [4.78, 5) is 2.41. The third-order valence-corrected chi connectivity index (χ3v) is 5.92. The van der Waals surface area contributed by atoms with Crippen molar-refractivity contribution in [2.45, 2.75) is 24.7 Å². The van der Waals surface area contributed by atoms with Crippen molar-refractivity contribution < 1.29 is 8.42 Å². The average molecular weight is 351 g/mol. The van der Waals surface area contributed by atoms with Gasteiger partial charge in [-0.15, -0.1) is 0 Å². The topological polar surface area (TPSA) is 49.4 Å². The summed E-state index contributed by atoms with van der Waals surface area (Å²) in [5, 5.41) is 0.214. The highest BCUT2D eigenvalue weighted by molar-refractivity contribution is 7.92. The molecule has 1 aliphatic rings. The average Bonchev–Trinajstić information content (AvgIpc) is 3.04. The maximum Gasteiger partial charge on any atom is 0.263 e. The first-order valence-electron chi connectivity index (χ1n) is 7.60. The highest BCUT2D eigenvalue weighted by Crippen LogP contribution is 2.28. The van der Waals surface area contributed by atoms with Gasteiger partial charge >= 0.3 is 0 Å². The van der Waals surface area contributed by atoms with E-state index in [2.05, 4.69) is 9.62 Å². The van der Waals surface area contributed by atoms with E-state index in [-0.39, 0.29) is 9.92 Å². The predicted molar refractivity (Wildman–Crippen MR) is 94.9 cm³/mol. The molecule has 0 bridgehead atoms. The van der Waals surface area contributed by atoms with Gasteiger partial charge < -0.3 is 4.90 Å². The largest absolute Gasteiger partial charge is 0.372 e. The molecule has 0 atom stereocenters. The molecule has 2 aromatic carbocycles. The second-order valence-corrected chi connectivity index (χ2v) is 7.79. The van der Waals surface area contributed by atoms with Crippen LogP contribution in [0.3, 0.4) is 0 Å². The summed E-state index contributed by atoms with van der Waals surface area (Å²) in [5.41, 5.74) is 2.61. The molecule has 1 N–H and O–H groups in total. The number of nitrogens with one attached hydrogen (secondary N) is 1. The van der Waals surface area contributed by atoms with Crippen LogP contribution in [0.1, 0.15) is 18.4 Å². The van der Waals surface area contributed by atoms with Crippen LogP contribution >= 0.6 is 11.6 Å². The van der Waals surface area contributed by atoms with Crippen LogP contribution in [-0.2, 0) is 10.0 Å². The summed E-state index contributed by atoms with van der Waals surface area (Å²) in [7, 11) is -3.69. The van der Waals surface area contributed by atoms with E-state index < -0.39 is 10.0 Å². The van der Waals surface area contributed by atoms with Gasteiger partial charge in [0.2, 0.25) is 0 Å². The second-order valence-electron chi connectivity index (χ2n) is 5.73. The fourth-order valence-electron chi connectivity index (χ4n) is 2.80. The number of rotatable bonds is 4. The van der Waals surface area contributed by atoms with E-state index in [1.807, 2.05) is 25.1 Å². The Labute approximate surface area is 142 Å². The first-order chi connectivity index (χ1) is 11.0. The SMILES string of the molecule is Cc1cc(N2CCCC2)ccc1NS(=O)(=O)c1ccccc1Cl. The number of hydrogen-bond acceptors (Lipinski definition) is 3. The Morgan fingerprint density at radius 3 is 2.43 bits per heavy atom. The van der Waals surface area contributed by atoms with Crippen LogP contribution in [0.2, 0.25) is 5.02 Å². The van der Waals surface area contributed by atoms with E-state index in [9.17, 15) is 8.42 Å². The molecule has 0 saturated carbocycles. The molecule has 23 heavy (non-hydrogen) atoms. The molecule has 0 aliphatic carbocycles. The maximum absolute atomic E-state index is 12.5. The highest BCUT2D eigenvalue weighted by atomic mass is 35.5. The molecule has 1 heterocycles. The molecule has 3 rings (SSSR count). The van der Waals surface area contributed by atoms with Gasteiger partial charge in [-0.25, -0.2) is 8.42 Å². The van der Waals surface area contributed by atoms with Crippen molar-refractivity contribution in [2.75, 3.05) is 22.7 Å². The van der Waals surface area contributed by atoms with Crippen LogP contribution in [0.5, 0.6) is 0 Å². The highest BCUT2D eigenvalue weighted by Gasteiger charge is 2.19. The van der Waals surface area contributed by atoms with E-state index in [0.29, 0.717) is 5.69 Å². The number of nitrogens with zero attached hydrogens (tertiary/aromatic N) is 1. The molecule has 0 radical (unpaired) electrons. The fourth-order valence-corrected chi connectivity index (χ4v) is 4.45. The standard InChI is InChI=1S/C17H19ClN2O2S/c1-13-12-14(20-10-4-5-11-20)8-9-16(13)19-23(21,22)17-7-3-2-6-15(17)18/h2-3,6-9,12,19H,4-5,10-11H2,1H3. The summed E-state index contributed by atoms with van der Waals surface area (Å²) in [6, 6.07) is 12.2. The molecular formula is C17H19ClN2O2S. The Bertz CT molecular complexity index is 815. The molecule has 122 valence electrons. The molecule has 0 spiro atoms. The van der Waals surface area contributed by atoms with Crippen molar-refractivity contribution in [3.63, 3.8) is 0 Å². The number of aryl methyl sites for hydroxylation is 1. The normalized spacial score (nSPS) is 15.0. The molecule has 1 aliphatic heterocycles. The van der Waals surface area contributed by atoms with Gasteiger partial charge in [-0.3, -0.25) is 4.72 Å². The molecule has 0 aromatic heterocycles. The predicted octanol–water partition coefficient (Wildman–Crippen LogP) is 4.05. The van der Waals surface area contributed by atoms with Gasteiger partial charge in [0.1, 0.15) is 4.90 Å². The minimum atomic E-state index is -3.69. The lowest BCUT2D eigenvalue weighted by atomic mass is 10.2. The lowest BCUT2D eigenvalue weighted by molar-refractivity contribution is 0.601. The Morgan fingerprint density at radius 2 is 1.78 bits per heavy atom. The van der Waals surface area contributed by atoms with Crippen LogP contribution in [0, 0.1) is 6.92 Å². The first-order valence-corrected chi connectivity index (χ1v) is 9.46. The van der Waals surface area contributed by atoms with Gasteiger partial charge in [0.15, 0.2) is 0 Å². The lowest BCUT2D eigenvalue weighted by Crippen LogP contribution is -2.18. The van der Waals surface area contributed by atoms with E-state index in [0.717, 1.165) is 24.3 Å². The Kier molecular flexibility index (Phi) is 4.50. The Balaban J connectivity index is 1.86. The zero-order valence-corrected chi connectivity index (χ0v) is 14.5. The van der Waals surface area contributed by atoms with Crippen LogP contribution in [0.25, 0.3) is 0 Å².